The second kappa shape index (κ2) is 7.59. The Bertz CT molecular complexity index is 745. The summed E-state index contributed by atoms with van der Waals surface area (Å²) in [5, 5.41) is 0.254. The molecule has 4 amide bonds. The summed E-state index contributed by atoms with van der Waals surface area (Å²) in [7, 11) is 1.49. The second-order valence-electron chi connectivity index (χ2n) is 6.20. The highest BCUT2D eigenvalue weighted by atomic mass is 35.5. The number of nitrogens with zero attached hydrogens (tertiary/aromatic N) is 3. The lowest BCUT2D eigenvalue weighted by molar-refractivity contribution is -0.128. The second-order valence-corrected chi connectivity index (χ2v) is 6.64. The molecule has 2 aliphatic rings. The van der Waals surface area contributed by atoms with Crippen LogP contribution in [-0.2, 0) is 9.53 Å². The highest BCUT2D eigenvalue weighted by molar-refractivity contribution is 6.31. The van der Waals surface area contributed by atoms with Gasteiger partial charge in [-0.1, -0.05) is 11.6 Å². The SMILES string of the molecule is COCCN1C(=O)C2CN(C(=O)c3cc(Cl)ccc3F)CCCN2C1=O. The number of carbonyl (C=O) groups excluding carboxylic acids is 3. The number of hydrogen-bond donors (Lipinski definition) is 0. The topological polar surface area (TPSA) is 70.2 Å². The number of ether oxygens (including phenoxy) is 1. The lowest BCUT2D eigenvalue weighted by Gasteiger charge is -2.24. The average Bonchev–Trinajstić information content (AvgIpc) is 2.79. The van der Waals surface area contributed by atoms with Gasteiger partial charge in [-0.2, -0.15) is 0 Å². The first-order valence-corrected chi connectivity index (χ1v) is 8.67. The molecule has 1 aromatic rings. The van der Waals surface area contributed by atoms with Gasteiger partial charge in [0.1, 0.15) is 11.9 Å². The average molecular weight is 384 g/mol. The van der Waals surface area contributed by atoms with Crippen molar-refractivity contribution in [3.8, 4) is 0 Å². The molecule has 0 aromatic heterocycles. The first kappa shape index (κ1) is 18.6. The predicted molar refractivity (Wildman–Crippen MR) is 91.4 cm³/mol. The van der Waals surface area contributed by atoms with Gasteiger partial charge in [0.25, 0.3) is 11.8 Å². The Labute approximate surface area is 155 Å². The number of fused-ring (bicyclic) bond motifs is 1. The van der Waals surface area contributed by atoms with Gasteiger partial charge >= 0.3 is 6.03 Å². The van der Waals surface area contributed by atoms with Crippen LogP contribution in [0.2, 0.25) is 5.02 Å². The Morgan fingerprint density at radius 1 is 1.35 bits per heavy atom. The number of imide groups is 1. The van der Waals surface area contributed by atoms with Gasteiger partial charge in [-0.15, -0.1) is 0 Å². The normalized spacial score (nSPS) is 20.4. The van der Waals surface area contributed by atoms with Crippen molar-refractivity contribution < 1.29 is 23.5 Å². The summed E-state index contributed by atoms with van der Waals surface area (Å²) in [6, 6.07) is 2.64. The smallest absolute Gasteiger partial charge is 0.327 e. The highest BCUT2D eigenvalue weighted by Crippen LogP contribution is 2.24. The van der Waals surface area contributed by atoms with Gasteiger partial charge in [-0.25, -0.2) is 9.18 Å². The van der Waals surface area contributed by atoms with E-state index in [2.05, 4.69) is 0 Å². The van der Waals surface area contributed by atoms with Gasteiger partial charge in [-0.3, -0.25) is 14.5 Å². The van der Waals surface area contributed by atoms with Crippen LogP contribution in [0.15, 0.2) is 18.2 Å². The van der Waals surface area contributed by atoms with E-state index in [1.54, 1.807) is 0 Å². The lowest BCUT2D eigenvalue weighted by Crippen LogP contribution is -2.44. The predicted octanol–water partition coefficient (Wildman–Crippen LogP) is 1.60. The minimum atomic E-state index is -0.756. The molecular weight excluding hydrogens is 365 g/mol. The Hall–Kier alpha value is -2.19. The molecule has 0 spiro atoms. The van der Waals surface area contributed by atoms with E-state index in [1.807, 2.05) is 0 Å². The van der Waals surface area contributed by atoms with Crippen LogP contribution in [-0.4, -0.2) is 78.5 Å². The van der Waals surface area contributed by atoms with Crippen molar-refractivity contribution >= 4 is 29.4 Å². The first-order valence-electron chi connectivity index (χ1n) is 8.29. The molecule has 0 radical (unpaired) electrons. The fourth-order valence-electron chi connectivity index (χ4n) is 3.26. The van der Waals surface area contributed by atoms with Gasteiger partial charge in [0.05, 0.1) is 25.3 Å². The number of benzene rings is 1. The molecule has 7 nitrogen and oxygen atoms in total. The van der Waals surface area contributed by atoms with Crippen LogP contribution >= 0.6 is 11.6 Å². The molecule has 140 valence electrons. The fraction of sp³-hybridized carbons (Fsp3) is 0.471. The Balaban J connectivity index is 1.80. The van der Waals surface area contributed by atoms with Crippen molar-refractivity contribution in [2.24, 2.45) is 0 Å². The Morgan fingerprint density at radius 2 is 2.12 bits per heavy atom. The summed E-state index contributed by atoms with van der Waals surface area (Å²) >= 11 is 5.87. The molecule has 0 aliphatic carbocycles. The number of amides is 4. The molecule has 0 saturated carbocycles. The highest BCUT2D eigenvalue weighted by Gasteiger charge is 2.46. The number of rotatable bonds is 4. The molecule has 3 rings (SSSR count). The van der Waals surface area contributed by atoms with E-state index in [-0.39, 0.29) is 42.2 Å². The minimum Gasteiger partial charge on any atom is -0.383 e. The van der Waals surface area contributed by atoms with Crippen LogP contribution in [0.25, 0.3) is 0 Å². The van der Waals surface area contributed by atoms with Crippen molar-refractivity contribution in [1.29, 1.82) is 0 Å². The molecule has 26 heavy (non-hydrogen) atoms. The maximum atomic E-state index is 14.0. The maximum Gasteiger partial charge on any atom is 0.327 e. The van der Waals surface area contributed by atoms with Crippen molar-refractivity contribution in [3.63, 3.8) is 0 Å². The summed E-state index contributed by atoms with van der Waals surface area (Å²) in [6.07, 6.45) is 0.502. The van der Waals surface area contributed by atoms with E-state index < -0.39 is 17.8 Å². The monoisotopic (exact) mass is 383 g/mol. The van der Waals surface area contributed by atoms with Gasteiger partial charge < -0.3 is 14.5 Å². The Kier molecular flexibility index (Phi) is 5.43. The molecule has 0 N–H and O–H groups in total. The van der Waals surface area contributed by atoms with Gasteiger partial charge in [0.15, 0.2) is 0 Å². The third-order valence-electron chi connectivity index (χ3n) is 4.59. The van der Waals surface area contributed by atoms with Crippen LogP contribution < -0.4 is 0 Å². The van der Waals surface area contributed by atoms with Gasteiger partial charge in [0, 0.05) is 25.2 Å². The van der Waals surface area contributed by atoms with E-state index >= 15 is 0 Å². The first-order chi connectivity index (χ1) is 12.4. The third-order valence-corrected chi connectivity index (χ3v) is 4.82. The molecule has 0 bridgehead atoms. The van der Waals surface area contributed by atoms with E-state index in [4.69, 9.17) is 16.3 Å². The lowest BCUT2D eigenvalue weighted by atomic mass is 10.1. The number of halogens is 2. The molecule has 2 aliphatic heterocycles. The molecular formula is C17H19ClFN3O4. The van der Waals surface area contributed by atoms with Crippen LogP contribution in [0.5, 0.6) is 0 Å². The van der Waals surface area contributed by atoms with Crippen LogP contribution in [0.1, 0.15) is 16.8 Å². The van der Waals surface area contributed by atoms with Crippen molar-refractivity contribution in [1.82, 2.24) is 14.7 Å². The maximum absolute atomic E-state index is 14.0. The zero-order valence-electron chi connectivity index (χ0n) is 14.3. The molecule has 9 heteroatoms. The zero-order valence-corrected chi connectivity index (χ0v) is 15.0. The van der Waals surface area contributed by atoms with Crippen molar-refractivity contribution in [3.05, 3.63) is 34.6 Å². The Morgan fingerprint density at radius 3 is 2.85 bits per heavy atom. The zero-order chi connectivity index (χ0) is 18.8. The quantitative estimate of drug-likeness (QED) is 0.741. The fourth-order valence-corrected chi connectivity index (χ4v) is 3.43. The third kappa shape index (κ3) is 3.39. The van der Waals surface area contributed by atoms with E-state index in [0.717, 1.165) is 11.0 Å². The van der Waals surface area contributed by atoms with E-state index in [1.165, 1.54) is 29.0 Å². The molecule has 2 fully saturated rings. The molecule has 1 unspecified atom stereocenters. The number of hydrogen-bond acceptors (Lipinski definition) is 4. The van der Waals surface area contributed by atoms with Gasteiger partial charge in [-0.05, 0) is 24.6 Å². The van der Waals surface area contributed by atoms with E-state index in [0.29, 0.717) is 19.5 Å². The minimum absolute atomic E-state index is 0.0266. The summed E-state index contributed by atoms with van der Waals surface area (Å²) in [4.78, 5) is 41.8. The number of carbonyl (C=O) groups is 3. The van der Waals surface area contributed by atoms with Crippen molar-refractivity contribution in [2.45, 2.75) is 12.5 Å². The molecule has 1 aromatic carbocycles. The summed E-state index contributed by atoms with van der Waals surface area (Å²) in [6.45, 7) is 1.13. The number of urea groups is 1. The van der Waals surface area contributed by atoms with Crippen LogP contribution in [0.3, 0.4) is 0 Å². The largest absolute Gasteiger partial charge is 0.383 e. The standard InChI is InChI=1S/C17H19ClFN3O4/c1-26-8-7-22-16(24)14-10-20(5-2-6-21(14)17(22)25)15(23)12-9-11(18)3-4-13(12)19/h3-4,9,14H,2,5-8,10H2,1H3. The summed E-state index contributed by atoms with van der Waals surface area (Å²) in [5.41, 5.74) is -0.140. The summed E-state index contributed by atoms with van der Waals surface area (Å²) < 4.78 is 19.0. The van der Waals surface area contributed by atoms with Gasteiger partial charge in [0.2, 0.25) is 0 Å². The number of methoxy groups -OCH3 is 1. The van der Waals surface area contributed by atoms with Crippen LogP contribution in [0, 0.1) is 5.82 Å². The van der Waals surface area contributed by atoms with Crippen LogP contribution in [0.4, 0.5) is 9.18 Å². The molecule has 1 atom stereocenters. The van der Waals surface area contributed by atoms with Crippen molar-refractivity contribution in [2.75, 3.05) is 39.9 Å². The molecule has 2 heterocycles. The summed E-state index contributed by atoms with van der Waals surface area (Å²) in [5.74, 6) is -1.57. The van der Waals surface area contributed by atoms with E-state index in [9.17, 15) is 18.8 Å². The molecule has 2 saturated heterocycles.